The lowest BCUT2D eigenvalue weighted by atomic mass is 10.1. The van der Waals surface area contributed by atoms with E-state index in [0.717, 1.165) is 0 Å². The van der Waals surface area contributed by atoms with Crippen LogP contribution >= 0.6 is 0 Å². The summed E-state index contributed by atoms with van der Waals surface area (Å²) in [5.74, 6) is -0.439. The highest BCUT2D eigenvalue weighted by molar-refractivity contribution is 5.95. The lowest BCUT2D eigenvalue weighted by Gasteiger charge is -2.27. The van der Waals surface area contributed by atoms with E-state index in [1.54, 1.807) is 11.8 Å². The van der Waals surface area contributed by atoms with Gasteiger partial charge in [-0.15, -0.1) is 0 Å². The van der Waals surface area contributed by atoms with Crippen molar-refractivity contribution < 1.29 is 14.3 Å². The molecule has 25 heavy (non-hydrogen) atoms. The van der Waals surface area contributed by atoms with Crippen molar-refractivity contribution in [1.82, 2.24) is 9.88 Å². The van der Waals surface area contributed by atoms with Crippen LogP contribution in [-0.2, 0) is 0 Å². The highest BCUT2D eigenvalue weighted by Gasteiger charge is 2.22. The number of amides is 1. The summed E-state index contributed by atoms with van der Waals surface area (Å²) in [6.45, 7) is 6.19. The molecule has 1 atom stereocenters. The Morgan fingerprint density at radius 2 is 1.88 bits per heavy atom. The van der Waals surface area contributed by atoms with Gasteiger partial charge in [0.25, 0.3) is 5.91 Å². The zero-order valence-electron chi connectivity index (χ0n) is 14.6. The van der Waals surface area contributed by atoms with E-state index in [4.69, 9.17) is 0 Å². The number of hydrogen-bond acceptors (Lipinski definition) is 3. The quantitative estimate of drug-likeness (QED) is 0.844. The number of carbonyl (C=O) groups is 1. The lowest BCUT2D eigenvalue weighted by Crippen LogP contribution is -2.38. The first-order chi connectivity index (χ1) is 11.8. The van der Waals surface area contributed by atoms with Crippen LogP contribution in [0.2, 0.25) is 0 Å². The molecule has 0 aliphatic heterocycles. The standard InChI is InChI=1S/C19H23FN2O3/c1-12(2)10-22(11-17(23)14-4-6-15(20)7-5-14)19(25)16-9-21-18(24)8-13(16)3/h4-9,12,17,23H,10-11H2,1-3H3,(H,21,24). The number of hydrogen-bond donors (Lipinski definition) is 2. The molecule has 0 fully saturated rings. The molecule has 2 aromatic rings. The molecule has 134 valence electrons. The van der Waals surface area contributed by atoms with Gasteiger partial charge >= 0.3 is 0 Å². The number of aromatic amines is 1. The summed E-state index contributed by atoms with van der Waals surface area (Å²) in [7, 11) is 0. The summed E-state index contributed by atoms with van der Waals surface area (Å²) >= 11 is 0. The zero-order chi connectivity index (χ0) is 18.6. The van der Waals surface area contributed by atoms with Gasteiger partial charge in [-0.1, -0.05) is 26.0 Å². The Balaban J connectivity index is 2.24. The van der Waals surface area contributed by atoms with Gasteiger partial charge in [0.1, 0.15) is 5.82 Å². The molecule has 2 N–H and O–H groups in total. The Morgan fingerprint density at radius 3 is 2.44 bits per heavy atom. The molecule has 2 rings (SSSR count). The van der Waals surface area contributed by atoms with Crippen molar-refractivity contribution in [3.05, 3.63) is 69.4 Å². The lowest BCUT2D eigenvalue weighted by molar-refractivity contribution is 0.0593. The smallest absolute Gasteiger partial charge is 0.255 e. The molecular weight excluding hydrogens is 323 g/mol. The normalized spacial score (nSPS) is 12.2. The molecule has 1 aromatic carbocycles. The maximum absolute atomic E-state index is 13.0. The molecule has 0 radical (unpaired) electrons. The molecule has 0 aliphatic carbocycles. The van der Waals surface area contributed by atoms with Gasteiger partial charge in [-0.2, -0.15) is 0 Å². The van der Waals surface area contributed by atoms with Gasteiger partial charge in [0.15, 0.2) is 0 Å². The first-order valence-corrected chi connectivity index (χ1v) is 8.20. The number of nitrogens with one attached hydrogen (secondary N) is 1. The van der Waals surface area contributed by atoms with Crippen molar-refractivity contribution in [2.75, 3.05) is 13.1 Å². The average Bonchev–Trinajstić information content (AvgIpc) is 2.53. The van der Waals surface area contributed by atoms with Crippen LogP contribution in [-0.4, -0.2) is 34.0 Å². The van der Waals surface area contributed by atoms with E-state index in [2.05, 4.69) is 4.98 Å². The van der Waals surface area contributed by atoms with Crippen molar-refractivity contribution in [1.29, 1.82) is 0 Å². The molecule has 0 saturated carbocycles. The number of aryl methyl sites for hydroxylation is 1. The second kappa shape index (κ2) is 8.07. The molecule has 5 nitrogen and oxygen atoms in total. The number of pyridine rings is 1. The predicted octanol–water partition coefficient (Wildman–Crippen LogP) is 2.65. The Labute approximate surface area is 146 Å². The fourth-order valence-electron chi connectivity index (χ4n) is 2.65. The molecule has 1 amide bonds. The Hall–Kier alpha value is -2.47. The van der Waals surface area contributed by atoms with Gasteiger partial charge in [-0.05, 0) is 36.1 Å². The summed E-state index contributed by atoms with van der Waals surface area (Å²) < 4.78 is 13.0. The third-order valence-corrected chi connectivity index (χ3v) is 3.88. The molecule has 1 unspecified atom stereocenters. The molecule has 1 aromatic heterocycles. The van der Waals surface area contributed by atoms with Crippen LogP contribution in [0.3, 0.4) is 0 Å². The van der Waals surface area contributed by atoms with E-state index in [0.29, 0.717) is 23.2 Å². The van der Waals surface area contributed by atoms with E-state index in [1.165, 1.54) is 36.5 Å². The predicted molar refractivity (Wildman–Crippen MR) is 93.9 cm³/mol. The summed E-state index contributed by atoms with van der Waals surface area (Å²) in [5, 5.41) is 10.4. The van der Waals surface area contributed by atoms with E-state index in [1.807, 2.05) is 13.8 Å². The van der Waals surface area contributed by atoms with Crippen LogP contribution in [0.4, 0.5) is 4.39 Å². The first kappa shape index (κ1) is 18.9. The number of H-pyrrole nitrogens is 1. The number of aliphatic hydroxyl groups is 1. The number of halogens is 1. The molecule has 0 spiro atoms. The molecule has 1 heterocycles. The Morgan fingerprint density at radius 1 is 1.24 bits per heavy atom. The third kappa shape index (κ3) is 5.00. The Kier molecular flexibility index (Phi) is 6.09. The largest absolute Gasteiger partial charge is 0.387 e. The van der Waals surface area contributed by atoms with E-state index in [-0.39, 0.29) is 29.7 Å². The first-order valence-electron chi connectivity index (χ1n) is 8.20. The fraction of sp³-hybridized carbons (Fsp3) is 0.368. The van der Waals surface area contributed by atoms with E-state index in [9.17, 15) is 19.1 Å². The van der Waals surface area contributed by atoms with E-state index < -0.39 is 6.10 Å². The average molecular weight is 346 g/mol. The van der Waals surface area contributed by atoms with Crippen LogP contribution in [0.15, 0.2) is 41.3 Å². The molecular formula is C19H23FN2O3. The van der Waals surface area contributed by atoms with Gasteiger partial charge in [0, 0.05) is 18.8 Å². The highest BCUT2D eigenvalue weighted by atomic mass is 19.1. The van der Waals surface area contributed by atoms with Crippen molar-refractivity contribution >= 4 is 5.91 Å². The third-order valence-electron chi connectivity index (χ3n) is 3.88. The van der Waals surface area contributed by atoms with Crippen LogP contribution < -0.4 is 5.56 Å². The summed E-state index contributed by atoms with van der Waals surface area (Å²) in [5.41, 5.74) is 1.25. The molecule has 0 bridgehead atoms. The van der Waals surface area contributed by atoms with Crippen molar-refractivity contribution in [2.24, 2.45) is 5.92 Å². The molecule has 6 heteroatoms. The van der Waals surface area contributed by atoms with Crippen LogP contribution in [0.1, 0.15) is 41.4 Å². The zero-order valence-corrected chi connectivity index (χ0v) is 14.6. The van der Waals surface area contributed by atoms with E-state index >= 15 is 0 Å². The number of aromatic nitrogens is 1. The molecule has 0 saturated heterocycles. The topological polar surface area (TPSA) is 73.4 Å². The van der Waals surface area contributed by atoms with Crippen molar-refractivity contribution in [3.63, 3.8) is 0 Å². The van der Waals surface area contributed by atoms with Crippen LogP contribution in [0.5, 0.6) is 0 Å². The van der Waals surface area contributed by atoms with Gasteiger partial charge in [0.05, 0.1) is 18.2 Å². The number of benzene rings is 1. The summed E-state index contributed by atoms with van der Waals surface area (Å²) in [4.78, 5) is 28.3. The number of aliphatic hydroxyl groups excluding tert-OH is 1. The van der Waals surface area contributed by atoms with Crippen molar-refractivity contribution in [2.45, 2.75) is 26.9 Å². The van der Waals surface area contributed by atoms with Crippen molar-refractivity contribution in [3.8, 4) is 0 Å². The number of rotatable bonds is 6. The Bertz CT molecular complexity index is 784. The molecule has 0 aliphatic rings. The minimum Gasteiger partial charge on any atom is -0.387 e. The highest BCUT2D eigenvalue weighted by Crippen LogP contribution is 2.18. The van der Waals surface area contributed by atoms with Gasteiger partial charge < -0.3 is 15.0 Å². The maximum atomic E-state index is 13.0. The second-order valence-corrected chi connectivity index (χ2v) is 6.57. The van der Waals surface area contributed by atoms with Crippen LogP contribution in [0, 0.1) is 18.7 Å². The minimum absolute atomic E-state index is 0.0845. The summed E-state index contributed by atoms with van der Waals surface area (Å²) in [6.07, 6.45) is 0.476. The number of carbonyl (C=O) groups excluding carboxylic acids is 1. The second-order valence-electron chi connectivity index (χ2n) is 6.57. The van der Waals surface area contributed by atoms with Gasteiger partial charge in [0.2, 0.25) is 5.56 Å². The minimum atomic E-state index is -0.925. The number of nitrogens with zero attached hydrogens (tertiary/aromatic N) is 1. The fourth-order valence-corrected chi connectivity index (χ4v) is 2.65. The van der Waals surface area contributed by atoms with Gasteiger partial charge in [-0.25, -0.2) is 4.39 Å². The monoisotopic (exact) mass is 346 g/mol. The SMILES string of the molecule is Cc1cc(=O)[nH]cc1C(=O)N(CC(C)C)CC(O)c1ccc(F)cc1. The van der Waals surface area contributed by atoms with Crippen LogP contribution in [0.25, 0.3) is 0 Å². The van der Waals surface area contributed by atoms with Gasteiger partial charge in [-0.3, -0.25) is 9.59 Å². The maximum Gasteiger partial charge on any atom is 0.255 e. The summed E-state index contributed by atoms with van der Waals surface area (Å²) in [6, 6.07) is 6.93.